The molecule has 0 amide bonds. The number of nitrogens with zero attached hydrogens (tertiary/aromatic N) is 3. The molecule has 0 atom stereocenters. The smallest absolute Gasteiger partial charge is 0.168 e. The molecule has 0 spiro atoms. The molecule has 1 aliphatic rings. The Hall–Kier alpha value is -5.84. The van der Waals surface area contributed by atoms with E-state index in [1.54, 1.807) is 0 Å². The highest BCUT2D eigenvalue weighted by Crippen LogP contribution is 2.49. The summed E-state index contributed by atoms with van der Waals surface area (Å²) in [5, 5.41) is 12.1. The average Bonchev–Trinajstić information content (AvgIpc) is 3.77. The van der Waals surface area contributed by atoms with E-state index < -0.39 is 0 Å². The summed E-state index contributed by atoms with van der Waals surface area (Å²) in [5.74, 6) is 1.64. The molecule has 55 heavy (non-hydrogen) atoms. The average molecular weight is 732 g/mol. The normalized spacial score (nSPS) is 14.2. The van der Waals surface area contributed by atoms with Gasteiger partial charge in [-0.15, -0.1) is 21.5 Å². The lowest BCUT2D eigenvalue weighted by Crippen LogP contribution is -2.18. The Morgan fingerprint density at radius 2 is 1.16 bits per heavy atom. The van der Waals surface area contributed by atoms with Crippen molar-refractivity contribution in [2.75, 3.05) is 0 Å². The van der Waals surface area contributed by atoms with Crippen LogP contribution in [0.1, 0.15) is 56.4 Å². The molecule has 0 aliphatic heterocycles. The zero-order chi connectivity index (χ0) is 38.0. The van der Waals surface area contributed by atoms with Crippen LogP contribution in [0.5, 0.6) is 0 Å². The Kier molecular flexibility index (Phi) is 8.55. The lowest BCUT2D eigenvalue weighted by Gasteiger charge is -2.34. The van der Waals surface area contributed by atoms with Crippen molar-refractivity contribution in [1.29, 1.82) is 0 Å². The number of fused-ring (bicyclic) bond motifs is 3. The summed E-state index contributed by atoms with van der Waals surface area (Å²) in [6, 6.07) is 46.3. The van der Waals surface area contributed by atoms with Crippen LogP contribution in [0.4, 0.5) is 0 Å². The van der Waals surface area contributed by atoms with Gasteiger partial charge in [-0.3, -0.25) is 4.57 Å². The van der Waals surface area contributed by atoms with Crippen LogP contribution >= 0.6 is 11.3 Å². The Morgan fingerprint density at radius 1 is 0.582 bits per heavy atom. The summed E-state index contributed by atoms with van der Waals surface area (Å²) >= 11 is 1.90. The molecule has 4 heteroatoms. The molecular weight excluding hydrogens is 687 g/mol. The summed E-state index contributed by atoms with van der Waals surface area (Å²) in [7, 11) is 0. The third-order valence-electron chi connectivity index (χ3n) is 11.2. The highest BCUT2D eigenvalue weighted by molar-refractivity contribution is 7.26. The standard InChI is InChI=1S/C51H45N3S/c1-31-24-33(3)46(34(4)25-31)40-28-42(48-44(29-40)43-27-39(22-23-45(43)55-48)47-35(5)26-32(2)30-51(47,6)7)36-18-20-38(21-19-36)50-53-52-49(37-14-10-8-11-15-37)54(50)41-16-12-9-13-17-41/h8-29H,30H2,1-7H3. The molecular formula is C51H45N3S. The quantitative estimate of drug-likeness (QED) is 0.170. The molecule has 0 fully saturated rings. The maximum Gasteiger partial charge on any atom is 0.168 e. The molecule has 3 nitrogen and oxygen atoms in total. The number of para-hydroxylation sites is 1. The maximum atomic E-state index is 4.77. The van der Waals surface area contributed by atoms with E-state index in [1.165, 1.54) is 81.4 Å². The summed E-state index contributed by atoms with van der Waals surface area (Å²) in [6.45, 7) is 16.0. The second-order valence-corrected chi connectivity index (χ2v) is 17.1. The number of hydrogen-bond donors (Lipinski definition) is 0. The van der Waals surface area contributed by atoms with Crippen LogP contribution in [0, 0.1) is 26.2 Å². The fourth-order valence-corrected chi connectivity index (χ4v) is 10.5. The van der Waals surface area contributed by atoms with Crippen LogP contribution in [0.15, 0.2) is 145 Å². The number of aromatic nitrogens is 3. The van der Waals surface area contributed by atoms with Crippen molar-refractivity contribution in [2.45, 2.75) is 54.9 Å². The molecule has 2 aromatic heterocycles. The molecule has 8 aromatic rings. The first-order chi connectivity index (χ1) is 26.6. The third-order valence-corrected chi connectivity index (χ3v) is 12.5. The first-order valence-corrected chi connectivity index (χ1v) is 20.0. The van der Waals surface area contributed by atoms with Gasteiger partial charge in [0.1, 0.15) is 0 Å². The van der Waals surface area contributed by atoms with Crippen LogP contribution in [-0.4, -0.2) is 14.8 Å². The molecule has 9 rings (SSSR count). The predicted molar refractivity (Wildman–Crippen MR) is 235 cm³/mol. The molecule has 0 bridgehead atoms. The third kappa shape index (κ3) is 6.15. The summed E-state index contributed by atoms with van der Waals surface area (Å²) in [6.07, 6.45) is 3.46. The number of aryl methyl sites for hydroxylation is 3. The highest BCUT2D eigenvalue weighted by Gasteiger charge is 2.30. The van der Waals surface area contributed by atoms with Gasteiger partial charge in [0.05, 0.1) is 0 Å². The zero-order valence-electron chi connectivity index (χ0n) is 32.7. The summed E-state index contributed by atoms with van der Waals surface area (Å²) < 4.78 is 4.79. The zero-order valence-corrected chi connectivity index (χ0v) is 33.5. The number of hydrogen-bond acceptors (Lipinski definition) is 3. The van der Waals surface area contributed by atoms with E-state index in [1.807, 2.05) is 35.6 Å². The fraction of sp³-hybridized carbons (Fsp3) is 0.176. The number of benzene rings is 6. The SMILES string of the molecule is CC1=CC(C)=C(c2ccc3sc4c(-c5ccc(-c6nnc(-c7ccccc7)n6-c6ccccc6)cc5)cc(-c5c(C)cc(C)cc5C)cc4c3c2)C(C)(C)C1. The predicted octanol–water partition coefficient (Wildman–Crippen LogP) is 14.4. The first kappa shape index (κ1) is 34.9. The lowest BCUT2D eigenvalue weighted by atomic mass is 9.70. The number of rotatable bonds is 6. The van der Waals surface area contributed by atoms with E-state index in [-0.39, 0.29) is 5.41 Å². The summed E-state index contributed by atoms with van der Waals surface area (Å²) in [4.78, 5) is 0. The Morgan fingerprint density at radius 3 is 1.82 bits per heavy atom. The van der Waals surface area contributed by atoms with Gasteiger partial charge >= 0.3 is 0 Å². The molecule has 1 aliphatic carbocycles. The first-order valence-electron chi connectivity index (χ1n) is 19.2. The number of allylic oxidation sites excluding steroid dienone is 4. The van der Waals surface area contributed by atoms with Crippen LogP contribution in [-0.2, 0) is 0 Å². The second kappa shape index (κ2) is 13.5. The Labute approximate surface area is 328 Å². The van der Waals surface area contributed by atoms with Crippen LogP contribution in [0.2, 0.25) is 0 Å². The second-order valence-electron chi connectivity index (χ2n) is 16.1. The molecule has 0 radical (unpaired) electrons. The largest absolute Gasteiger partial charge is 0.275 e. The Balaban J connectivity index is 1.23. The molecule has 0 N–H and O–H groups in total. The van der Waals surface area contributed by atoms with Crippen LogP contribution < -0.4 is 0 Å². The molecule has 0 unspecified atom stereocenters. The van der Waals surface area contributed by atoms with Gasteiger partial charge in [-0.1, -0.05) is 122 Å². The highest BCUT2D eigenvalue weighted by atomic mass is 32.1. The lowest BCUT2D eigenvalue weighted by molar-refractivity contribution is 0.488. The minimum atomic E-state index is 0.0726. The van der Waals surface area contributed by atoms with Crippen molar-refractivity contribution in [3.05, 3.63) is 167 Å². The van der Waals surface area contributed by atoms with Crippen molar-refractivity contribution in [1.82, 2.24) is 14.8 Å². The van der Waals surface area contributed by atoms with Crippen LogP contribution in [0.25, 0.3) is 76.5 Å². The maximum absolute atomic E-state index is 4.77. The van der Waals surface area contributed by atoms with E-state index in [0.29, 0.717) is 0 Å². The van der Waals surface area contributed by atoms with Crippen molar-refractivity contribution < 1.29 is 0 Å². The molecule has 0 saturated carbocycles. The van der Waals surface area contributed by atoms with Crippen molar-refractivity contribution >= 4 is 37.1 Å². The van der Waals surface area contributed by atoms with E-state index in [2.05, 4.69) is 162 Å². The summed E-state index contributed by atoms with van der Waals surface area (Å²) in [5.41, 5.74) is 17.7. The van der Waals surface area contributed by atoms with Gasteiger partial charge in [0.2, 0.25) is 0 Å². The van der Waals surface area contributed by atoms with Crippen molar-refractivity contribution in [2.24, 2.45) is 5.41 Å². The minimum absolute atomic E-state index is 0.0726. The molecule has 0 saturated heterocycles. The monoisotopic (exact) mass is 731 g/mol. The van der Waals surface area contributed by atoms with Crippen molar-refractivity contribution in [3.63, 3.8) is 0 Å². The van der Waals surface area contributed by atoms with Crippen molar-refractivity contribution in [3.8, 4) is 50.7 Å². The van der Waals surface area contributed by atoms with Gasteiger partial charge in [0, 0.05) is 42.6 Å². The van der Waals surface area contributed by atoms with Gasteiger partial charge < -0.3 is 0 Å². The Bertz CT molecular complexity index is 2810. The van der Waals surface area contributed by atoms with Gasteiger partial charge in [-0.05, 0) is 127 Å². The topological polar surface area (TPSA) is 30.7 Å². The van der Waals surface area contributed by atoms with E-state index in [4.69, 9.17) is 10.2 Å². The minimum Gasteiger partial charge on any atom is -0.275 e. The van der Waals surface area contributed by atoms with Gasteiger partial charge in [-0.2, -0.15) is 0 Å². The molecule has 270 valence electrons. The van der Waals surface area contributed by atoms with Gasteiger partial charge in [0.15, 0.2) is 11.6 Å². The van der Waals surface area contributed by atoms with Gasteiger partial charge in [-0.25, -0.2) is 0 Å². The van der Waals surface area contributed by atoms with Crippen LogP contribution in [0.3, 0.4) is 0 Å². The molecule has 2 heterocycles. The van der Waals surface area contributed by atoms with E-state index >= 15 is 0 Å². The van der Waals surface area contributed by atoms with E-state index in [9.17, 15) is 0 Å². The van der Waals surface area contributed by atoms with Gasteiger partial charge in [0.25, 0.3) is 0 Å². The van der Waals surface area contributed by atoms with E-state index in [0.717, 1.165) is 34.9 Å². The number of thiophene rings is 1. The fourth-order valence-electron chi connectivity index (χ4n) is 9.32. The molecule has 6 aromatic carbocycles.